The van der Waals surface area contributed by atoms with Gasteiger partial charge in [-0.05, 0) is 90.4 Å². The Labute approximate surface area is 164 Å². The van der Waals surface area contributed by atoms with E-state index in [-0.39, 0.29) is 0 Å². The first kappa shape index (κ1) is 23.4. The average molecular weight is 423 g/mol. The van der Waals surface area contributed by atoms with Crippen molar-refractivity contribution in [3.05, 3.63) is 36.4 Å². The van der Waals surface area contributed by atoms with E-state index < -0.39 is 40.1 Å². The molecule has 1 aromatic rings. The maximum absolute atomic E-state index is 3.93. The third-order valence-electron chi connectivity index (χ3n) is 3.86. The van der Waals surface area contributed by atoms with Crippen molar-refractivity contribution < 1.29 is 0 Å². The summed E-state index contributed by atoms with van der Waals surface area (Å²) in [6.07, 6.45) is 24.4. The van der Waals surface area contributed by atoms with Crippen molar-refractivity contribution in [2.45, 2.75) is 4.90 Å². The van der Waals surface area contributed by atoms with Crippen LogP contribution in [0.25, 0.3) is 6.08 Å². The smallest absolute Gasteiger partial charge is 0.0116 e. The summed E-state index contributed by atoms with van der Waals surface area (Å²) in [5.74, 6) is 2.81. The van der Waals surface area contributed by atoms with Crippen LogP contribution in [0.1, 0.15) is 5.56 Å². The topological polar surface area (TPSA) is 0 Å². The van der Waals surface area contributed by atoms with Gasteiger partial charge in [-0.2, -0.15) is 10.0 Å². The zero-order valence-corrected chi connectivity index (χ0v) is 21.3. The molecule has 0 aliphatic carbocycles. The lowest BCUT2D eigenvalue weighted by atomic mass is 10.2. The quantitative estimate of drug-likeness (QED) is 0.426. The van der Waals surface area contributed by atoms with Gasteiger partial charge in [0.1, 0.15) is 0 Å². The molecular weight excluding hydrogens is 380 g/mol. The zero-order chi connectivity index (χ0) is 19.5. The molecule has 4 heteroatoms. The van der Waals surface area contributed by atoms with Crippen molar-refractivity contribution in [3.8, 4) is 0 Å². The van der Waals surface area contributed by atoms with Gasteiger partial charge in [-0.15, -0.1) is 0 Å². The summed E-state index contributed by atoms with van der Waals surface area (Å²) >= 11 is 0. The van der Waals surface area contributed by atoms with Gasteiger partial charge in [0.05, 0.1) is 0 Å². The van der Waals surface area contributed by atoms with Crippen molar-refractivity contribution >= 4 is 46.2 Å². The molecule has 0 unspecified atom stereocenters. The van der Waals surface area contributed by atoms with Crippen molar-refractivity contribution in [2.75, 3.05) is 78.0 Å². The van der Waals surface area contributed by atoms with E-state index >= 15 is 0 Å². The molecule has 0 aliphatic heterocycles. The SMILES string of the molecule is C=Cc1ccc(S(CCS(C)(C)C)(CS(C)(C)C)CS(C)(C)C)cc1. The molecule has 0 heterocycles. The van der Waals surface area contributed by atoms with Crippen LogP contribution in [0.5, 0.6) is 0 Å². The van der Waals surface area contributed by atoms with Gasteiger partial charge in [0, 0.05) is 10.2 Å². The molecule has 0 saturated heterocycles. The average Bonchev–Trinajstić information content (AvgIpc) is 2.41. The Kier molecular flexibility index (Phi) is 8.03. The lowest BCUT2D eigenvalue weighted by Crippen LogP contribution is -2.23. The summed E-state index contributed by atoms with van der Waals surface area (Å²) in [6.45, 7) is 3.93. The van der Waals surface area contributed by atoms with E-state index in [4.69, 9.17) is 0 Å². The maximum Gasteiger partial charge on any atom is 0.0116 e. The largest absolute Gasteiger partial charge is 0.249 e. The predicted molar refractivity (Wildman–Crippen MR) is 138 cm³/mol. The van der Waals surface area contributed by atoms with Gasteiger partial charge >= 0.3 is 0 Å². The van der Waals surface area contributed by atoms with Crippen molar-refractivity contribution in [2.24, 2.45) is 0 Å². The van der Waals surface area contributed by atoms with Crippen LogP contribution in [0.3, 0.4) is 0 Å². The molecule has 25 heavy (non-hydrogen) atoms. The van der Waals surface area contributed by atoms with E-state index in [0.717, 1.165) is 0 Å². The third-order valence-corrected chi connectivity index (χ3v) is 17.1. The second-order valence-electron chi connectivity index (χ2n) is 9.73. The fourth-order valence-electron chi connectivity index (χ4n) is 3.06. The highest BCUT2D eigenvalue weighted by Crippen LogP contribution is 2.69. The van der Waals surface area contributed by atoms with Crippen LogP contribution in [-0.4, -0.2) is 78.0 Å². The van der Waals surface area contributed by atoms with E-state index in [1.165, 1.54) is 27.2 Å². The molecule has 0 aromatic heterocycles. The Hall–Kier alpha value is 0.360. The van der Waals surface area contributed by atoms with E-state index in [1.54, 1.807) is 4.90 Å². The molecule has 0 fully saturated rings. The first-order chi connectivity index (χ1) is 11.2. The van der Waals surface area contributed by atoms with Crippen LogP contribution < -0.4 is 0 Å². The molecule has 1 rings (SSSR count). The third kappa shape index (κ3) is 8.73. The van der Waals surface area contributed by atoms with Crippen LogP contribution in [0.2, 0.25) is 0 Å². The molecule has 0 amide bonds. The fourth-order valence-corrected chi connectivity index (χ4v) is 21.0. The molecule has 0 saturated carbocycles. The first-order valence-corrected chi connectivity index (χ1v) is 19.8. The van der Waals surface area contributed by atoms with E-state index in [9.17, 15) is 0 Å². The molecule has 0 radical (unpaired) electrons. The monoisotopic (exact) mass is 422 g/mol. The summed E-state index contributed by atoms with van der Waals surface area (Å²) < 4.78 is 0. The van der Waals surface area contributed by atoms with Crippen LogP contribution in [-0.2, 0) is 0 Å². The molecule has 0 N–H and O–H groups in total. The highest BCUT2D eigenvalue weighted by molar-refractivity contribution is 8.54. The summed E-state index contributed by atoms with van der Waals surface area (Å²) in [5, 5.41) is 2.85. The van der Waals surface area contributed by atoms with Crippen LogP contribution >= 0.6 is 40.1 Å². The number of rotatable bonds is 9. The summed E-state index contributed by atoms with van der Waals surface area (Å²) in [6, 6.07) is 9.43. The minimum Gasteiger partial charge on any atom is -0.249 e. The molecular formula is C21H42S4. The Morgan fingerprint density at radius 2 is 1.12 bits per heavy atom. The van der Waals surface area contributed by atoms with Crippen molar-refractivity contribution in [1.82, 2.24) is 0 Å². The summed E-state index contributed by atoms with van der Waals surface area (Å²) in [4.78, 5) is 1.65. The minimum atomic E-state index is -0.788. The second kappa shape index (κ2) is 8.58. The minimum absolute atomic E-state index is 0.466. The maximum atomic E-state index is 3.93. The van der Waals surface area contributed by atoms with Crippen LogP contribution in [0.15, 0.2) is 35.7 Å². The standard InChI is InChI=1S/C21H42S4/c1-11-20-12-14-21(15-13-20)25(18-23(5,6)7,19-24(8,9)10)17-16-22(2,3)4/h11-15H,1,16-19H2,2-10H3. The van der Waals surface area contributed by atoms with Gasteiger partial charge in [0.2, 0.25) is 0 Å². The molecule has 0 spiro atoms. The Morgan fingerprint density at radius 1 is 0.680 bits per heavy atom. The highest BCUT2D eigenvalue weighted by atomic mass is 32.3. The molecule has 0 nitrogen and oxygen atoms in total. The first-order valence-electron chi connectivity index (χ1n) is 8.63. The Bertz CT molecular complexity index is 538. The van der Waals surface area contributed by atoms with Crippen molar-refractivity contribution in [3.63, 3.8) is 0 Å². The van der Waals surface area contributed by atoms with Gasteiger partial charge in [-0.1, -0.05) is 24.8 Å². The normalized spacial score (nSPS) is 16.4. The Balaban J connectivity index is 3.41. The van der Waals surface area contributed by atoms with Gasteiger partial charge < -0.3 is 0 Å². The van der Waals surface area contributed by atoms with Gasteiger partial charge in [0.25, 0.3) is 0 Å². The van der Waals surface area contributed by atoms with Gasteiger partial charge in [0.15, 0.2) is 0 Å². The summed E-state index contributed by atoms with van der Waals surface area (Å²) in [7, 11) is -2.35. The van der Waals surface area contributed by atoms with Crippen LogP contribution in [0.4, 0.5) is 0 Å². The summed E-state index contributed by atoms with van der Waals surface area (Å²) in [5.41, 5.74) is 1.24. The fraction of sp³-hybridized carbons (Fsp3) is 0.619. The number of hydrogen-bond acceptors (Lipinski definition) is 0. The number of hydrogen-bond donors (Lipinski definition) is 0. The molecule has 0 bridgehead atoms. The van der Waals surface area contributed by atoms with E-state index in [1.807, 2.05) is 6.08 Å². The molecule has 0 atom stereocenters. The predicted octanol–water partition coefficient (Wildman–Crippen LogP) is 6.49. The highest BCUT2D eigenvalue weighted by Gasteiger charge is 2.33. The Morgan fingerprint density at radius 3 is 1.44 bits per heavy atom. The molecule has 150 valence electrons. The van der Waals surface area contributed by atoms with E-state index in [2.05, 4.69) is 87.1 Å². The number of benzene rings is 1. The van der Waals surface area contributed by atoms with Crippen molar-refractivity contribution in [1.29, 1.82) is 0 Å². The molecule has 1 aromatic carbocycles. The second-order valence-corrected chi connectivity index (χ2v) is 27.5. The molecule has 0 aliphatic rings. The lowest BCUT2D eigenvalue weighted by Gasteiger charge is -2.52. The zero-order valence-electron chi connectivity index (χ0n) is 18.1. The van der Waals surface area contributed by atoms with Gasteiger partial charge in [-0.25, -0.2) is 30.1 Å². The van der Waals surface area contributed by atoms with E-state index in [0.29, 0.717) is 0 Å². The van der Waals surface area contributed by atoms with Gasteiger partial charge in [-0.3, -0.25) is 0 Å². The van der Waals surface area contributed by atoms with Crippen LogP contribution in [0, 0.1) is 0 Å². The lowest BCUT2D eigenvalue weighted by molar-refractivity contribution is 1.36.